The topological polar surface area (TPSA) is 46.5 Å². The molecule has 3 aliphatic rings. The first-order valence-electron chi connectivity index (χ1n) is 10.5. The Morgan fingerprint density at radius 2 is 2.11 bits per heavy atom. The Morgan fingerprint density at radius 1 is 1.32 bits per heavy atom. The molecule has 0 heterocycles. The van der Waals surface area contributed by atoms with Gasteiger partial charge in [0.25, 0.3) is 5.92 Å². The number of fused-ring (bicyclic) bond motifs is 5. The van der Waals surface area contributed by atoms with Gasteiger partial charge in [-0.2, -0.15) is 0 Å². The van der Waals surface area contributed by atoms with Crippen LogP contribution in [0.15, 0.2) is 18.2 Å². The van der Waals surface area contributed by atoms with Gasteiger partial charge >= 0.3 is 5.97 Å². The monoisotopic (exact) mass is 392 g/mol. The molecule has 4 rings (SSSR count). The Kier molecular flexibility index (Phi) is 4.91. The van der Waals surface area contributed by atoms with Crippen LogP contribution in [-0.4, -0.2) is 24.1 Å². The number of halogens is 2. The number of carbonyl (C=O) groups excluding carboxylic acids is 1. The summed E-state index contributed by atoms with van der Waals surface area (Å²) in [5.74, 6) is -2.12. The van der Waals surface area contributed by atoms with Gasteiger partial charge in [-0.25, -0.2) is 8.78 Å². The minimum absolute atomic E-state index is 0.0131. The van der Waals surface area contributed by atoms with Crippen molar-refractivity contribution in [2.24, 2.45) is 23.2 Å². The summed E-state index contributed by atoms with van der Waals surface area (Å²) in [6, 6.07) is 5.58. The minimum Gasteiger partial charge on any atom is -0.508 e. The van der Waals surface area contributed by atoms with Crippen molar-refractivity contribution in [3.05, 3.63) is 29.3 Å². The number of ether oxygens (including phenoxy) is 1. The molecule has 0 unspecified atom stereocenters. The van der Waals surface area contributed by atoms with E-state index >= 15 is 8.78 Å². The van der Waals surface area contributed by atoms with E-state index in [9.17, 15) is 9.90 Å². The molecule has 0 aliphatic heterocycles. The van der Waals surface area contributed by atoms with Crippen LogP contribution < -0.4 is 0 Å². The molecule has 0 aromatic heterocycles. The molecule has 0 amide bonds. The van der Waals surface area contributed by atoms with E-state index in [1.165, 1.54) is 18.2 Å². The zero-order valence-corrected chi connectivity index (χ0v) is 16.7. The summed E-state index contributed by atoms with van der Waals surface area (Å²) in [6.45, 7) is 1.81. The van der Waals surface area contributed by atoms with Crippen molar-refractivity contribution >= 4 is 5.97 Å². The van der Waals surface area contributed by atoms with E-state index in [2.05, 4.69) is 0 Å². The van der Waals surface area contributed by atoms with Crippen molar-refractivity contribution in [3.8, 4) is 5.75 Å². The quantitative estimate of drug-likeness (QED) is 0.693. The zero-order valence-electron chi connectivity index (χ0n) is 16.7. The maximum atomic E-state index is 15.1. The van der Waals surface area contributed by atoms with Crippen LogP contribution in [0.1, 0.15) is 68.9 Å². The number of aryl methyl sites for hydroxylation is 1. The number of phenolic OH excluding ortho intramolecular Hbond substituents is 1. The molecule has 1 aromatic rings. The van der Waals surface area contributed by atoms with Gasteiger partial charge in [-0.1, -0.05) is 13.0 Å². The van der Waals surface area contributed by atoms with Gasteiger partial charge < -0.3 is 9.84 Å². The Hall–Kier alpha value is -1.65. The van der Waals surface area contributed by atoms with Crippen molar-refractivity contribution in [2.45, 2.75) is 70.1 Å². The number of benzene rings is 1. The summed E-state index contributed by atoms with van der Waals surface area (Å²) < 4.78 is 35.0. The van der Waals surface area contributed by atoms with Crippen molar-refractivity contribution in [1.29, 1.82) is 0 Å². The van der Waals surface area contributed by atoms with Crippen LogP contribution in [0.2, 0.25) is 0 Å². The highest BCUT2D eigenvalue weighted by molar-refractivity contribution is 5.69. The number of rotatable bonds is 4. The second-order valence-corrected chi connectivity index (χ2v) is 9.31. The lowest BCUT2D eigenvalue weighted by atomic mass is 9.53. The van der Waals surface area contributed by atoms with Gasteiger partial charge in [-0.3, -0.25) is 4.79 Å². The highest BCUT2D eigenvalue weighted by Gasteiger charge is 2.67. The number of esters is 1. The first kappa shape index (κ1) is 19.7. The predicted molar refractivity (Wildman–Crippen MR) is 102 cm³/mol. The standard InChI is InChI=1S/C23H30F2O3/c1-22-11-10-18-17-9-7-16(26)12-14(17)6-8-19(18)21(22)15(13-23(22,24)25)4-3-5-20(27)28-2/h7,9,12,15,18-19,21,26H,3-6,8,10-11,13H2,1-2H3/t15-,18+,19+,21-,22-/m0/s1. The Labute approximate surface area is 165 Å². The van der Waals surface area contributed by atoms with Gasteiger partial charge in [0.15, 0.2) is 0 Å². The molecule has 5 heteroatoms. The van der Waals surface area contributed by atoms with E-state index in [0.717, 1.165) is 19.3 Å². The molecule has 3 nitrogen and oxygen atoms in total. The molecule has 1 aromatic carbocycles. The fraction of sp³-hybridized carbons (Fsp3) is 0.696. The maximum absolute atomic E-state index is 15.1. The summed E-state index contributed by atoms with van der Waals surface area (Å²) in [5.41, 5.74) is 1.48. The van der Waals surface area contributed by atoms with Gasteiger partial charge in [0.05, 0.1) is 7.11 Å². The zero-order chi connectivity index (χ0) is 20.1. The van der Waals surface area contributed by atoms with E-state index < -0.39 is 11.3 Å². The molecule has 0 bridgehead atoms. The van der Waals surface area contributed by atoms with Gasteiger partial charge in [0.1, 0.15) is 5.75 Å². The smallest absolute Gasteiger partial charge is 0.305 e. The van der Waals surface area contributed by atoms with Crippen LogP contribution in [0.3, 0.4) is 0 Å². The lowest BCUT2D eigenvalue weighted by Gasteiger charge is -2.51. The molecule has 154 valence electrons. The summed E-state index contributed by atoms with van der Waals surface area (Å²) in [4.78, 5) is 11.5. The van der Waals surface area contributed by atoms with E-state index in [4.69, 9.17) is 4.74 Å². The van der Waals surface area contributed by atoms with E-state index in [-0.39, 0.29) is 35.9 Å². The molecule has 0 radical (unpaired) electrons. The average Bonchev–Trinajstić information content (AvgIpc) is 2.86. The van der Waals surface area contributed by atoms with E-state index in [1.54, 1.807) is 13.0 Å². The van der Waals surface area contributed by atoms with Crippen molar-refractivity contribution in [1.82, 2.24) is 0 Å². The first-order chi connectivity index (χ1) is 13.3. The van der Waals surface area contributed by atoms with Gasteiger partial charge in [0.2, 0.25) is 0 Å². The third-order valence-corrected chi connectivity index (χ3v) is 8.01. The summed E-state index contributed by atoms with van der Waals surface area (Å²) in [6.07, 6.45) is 4.61. The molecule has 3 aliphatic carbocycles. The van der Waals surface area contributed by atoms with E-state index in [1.807, 2.05) is 12.1 Å². The normalized spacial score (nSPS) is 35.6. The third-order valence-electron chi connectivity index (χ3n) is 8.01. The number of methoxy groups -OCH3 is 1. The molecule has 0 spiro atoms. The van der Waals surface area contributed by atoms with Gasteiger partial charge in [-0.05, 0) is 85.5 Å². The lowest BCUT2D eigenvalue weighted by molar-refractivity contribution is -0.140. The van der Waals surface area contributed by atoms with Crippen LogP contribution >= 0.6 is 0 Å². The van der Waals surface area contributed by atoms with Gasteiger partial charge in [0, 0.05) is 18.3 Å². The number of hydrogen-bond donors (Lipinski definition) is 1. The highest BCUT2D eigenvalue weighted by Crippen LogP contribution is 2.68. The van der Waals surface area contributed by atoms with Crippen molar-refractivity contribution in [3.63, 3.8) is 0 Å². The summed E-state index contributed by atoms with van der Waals surface area (Å²) in [5, 5.41) is 9.81. The molecule has 1 N–H and O–H groups in total. The minimum atomic E-state index is -2.65. The van der Waals surface area contributed by atoms with E-state index in [0.29, 0.717) is 31.6 Å². The van der Waals surface area contributed by atoms with Crippen molar-refractivity contribution in [2.75, 3.05) is 7.11 Å². The first-order valence-corrected chi connectivity index (χ1v) is 10.5. The number of aromatic hydroxyl groups is 1. The summed E-state index contributed by atoms with van der Waals surface area (Å²) >= 11 is 0. The molecular formula is C23H30F2O3. The second kappa shape index (κ2) is 7.00. The van der Waals surface area contributed by atoms with Crippen molar-refractivity contribution < 1.29 is 23.4 Å². The predicted octanol–water partition coefficient (Wildman–Crippen LogP) is 5.45. The molecule has 2 fully saturated rings. The second-order valence-electron chi connectivity index (χ2n) is 9.31. The average molecular weight is 392 g/mol. The molecule has 28 heavy (non-hydrogen) atoms. The maximum Gasteiger partial charge on any atom is 0.305 e. The molecule has 5 atom stereocenters. The lowest BCUT2D eigenvalue weighted by Crippen LogP contribution is -2.47. The van der Waals surface area contributed by atoms with Crippen LogP contribution in [-0.2, 0) is 16.0 Å². The Morgan fingerprint density at radius 3 is 2.86 bits per heavy atom. The number of carbonyl (C=O) groups is 1. The van der Waals surface area contributed by atoms with Crippen LogP contribution in [0.5, 0.6) is 5.75 Å². The highest BCUT2D eigenvalue weighted by atomic mass is 19.3. The Balaban J connectivity index is 1.61. The Bertz CT molecular complexity index is 762. The number of phenols is 1. The van der Waals surface area contributed by atoms with Gasteiger partial charge in [-0.15, -0.1) is 0 Å². The summed E-state index contributed by atoms with van der Waals surface area (Å²) in [7, 11) is 1.37. The number of hydrogen-bond acceptors (Lipinski definition) is 3. The fourth-order valence-corrected chi connectivity index (χ4v) is 6.70. The third kappa shape index (κ3) is 3.02. The molecule has 2 saturated carbocycles. The van der Waals surface area contributed by atoms with Crippen LogP contribution in [0, 0.1) is 23.2 Å². The SMILES string of the molecule is COC(=O)CCC[C@H]1CC(F)(F)[C@@]2(C)CC[C@@H]3c4ccc(O)cc4CC[C@H]3[C@H]12. The van der Waals surface area contributed by atoms with Crippen LogP contribution in [0.25, 0.3) is 0 Å². The number of alkyl halides is 2. The molecule has 0 saturated heterocycles. The largest absolute Gasteiger partial charge is 0.508 e. The fourth-order valence-electron chi connectivity index (χ4n) is 6.70. The molecular weight excluding hydrogens is 362 g/mol. The van der Waals surface area contributed by atoms with Crippen LogP contribution in [0.4, 0.5) is 8.78 Å².